The highest BCUT2D eigenvalue weighted by Crippen LogP contribution is 2.30. The van der Waals surface area contributed by atoms with Crippen molar-refractivity contribution in [3.8, 4) is 0 Å². The number of hydrogen-bond donors (Lipinski definition) is 0. The van der Waals surface area contributed by atoms with Crippen molar-refractivity contribution in [1.29, 1.82) is 0 Å². The van der Waals surface area contributed by atoms with Gasteiger partial charge in [0.05, 0.1) is 6.54 Å². The molecule has 0 aliphatic heterocycles. The molecule has 0 spiro atoms. The highest BCUT2D eigenvalue weighted by molar-refractivity contribution is 5.07. The molecule has 0 bridgehead atoms. The lowest BCUT2D eigenvalue weighted by Crippen LogP contribution is -2.16. The van der Waals surface area contributed by atoms with Crippen molar-refractivity contribution in [1.82, 2.24) is 0 Å². The van der Waals surface area contributed by atoms with Crippen molar-refractivity contribution < 1.29 is 0 Å². The summed E-state index contributed by atoms with van der Waals surface area (Å²) in [6, 6.07) is 0. The van der Waals surface area contributed by atoms with Gasteiger partial charge in [0.25, 0.3) is 0 Å². The second kappa shape index (κ2) is 2.07. The first-order valence-electron chi connectivity index (χ1n) is 2.78. The molecule has 1 aliphatic carbocycles. The summed E-state index contributed by atoms with van der Waals surface area (Å²) >= 11 is 0. The molecule has 1 aliphatic rings. The maximum absolute atomic E-state index is 9.64. The van der Waals surface area contributed by atoms with Gasteiger partial charge in [0.15, 0.2) is 0 Å². The monoisotopic (exact) mass is 111 g/mol. The first kappa shape index (κ1) is 5.48. The van der Waals surface area contributed by atoms with E-state index in [4.69, 9.17) is 0 Å². The summed E-state index contributed by atoms with van der Waals surface area (Å²) in [7, 11) is 0. The van der Waals surface area contributed by atoms with Crippen molar-refractivity contribution in [3.05, 3.63) is 17.1 Å². The molecule has 0 unspecified atom stereocenters. The van der Waals surface area contributed by atoms with Gasteiger partial charge >= 0.3 is 0 Å². The van der Waals surface area contributed by atoms with Crippen LogP contribution in [0, 0.1) is 10.8 Å². The third kappa shape index (κ3) is 0.941. The Labute approximate surface area is 48.6 Å². The van der Waals surface area contributed by atoms with E-state index in [9.17, 15) is 4.91 Å². The summed E-state index contributed by atoms with van der Waals surface area (Å²) in [6.07, 6.45) is 2.04. The zero-order valence-electron chi connectivity index (χ0n) is 4.76. The van der Waals surface area contributed by atoms with E-state index < -0.39 is 0 Å². The van der Waals surface area contributed by atoms with Gasteiger partial charge in [-0.3, -0.25) is 0 Å². The molecule has 0 aromatic rings. The molecule has 1 saturated carbocycles. The summed E-state index contributed by atoms with van der Waals surface area (Å²) in [5, 5.41) is 2.80. The van der Waals surface area contributed by atoms with Gasteiger partial charge < -0.3 is 0 Å². The Morgan fingerprint density at radius 3 is 2.75 bits per heavy atom. The summed E-state index contributed by atoms with van der Waals surface area (Å²) in [5.41, 5.74) is 1.26. The Bertz CT molecular complexity index is 109. The number of nitrogens with zero attached hydrogens (tertiary/aromatic N) is 1. The fraction of sp³-hybridized carbons (Fsp3) is 0.667. The minimum absolute atomic E-state index is 0.485. The van der Waals surface area contributed by atoms with Gasteiger partial charge in [-0.05, 0) is 18.8 Å². The van der Waals surface area contributed by atoms with Crippen LogP contribution < -0.4 is 0 Å². The molecular formula is C6H9NO. The highest BCUT2D eigenvalue weighted by Gasteiger charge is 2.20. The maximum atomic E-state index is 9.64. The predicted molar refractivity (Wildman–Crippen MR) is 32.5 cm³/mol. The number of allylic oxidation sites excluding steroid dienone is 1. The Hall–Kier alpha value is -0.660. The molecule has 2 nitrogen and oxygen atoms in total. The molecule has 0 aromatic heterocycles. The lowest BCUT2D eigenvalue weighted by Gasteiger charge is -2.25. The van der Waals surface area contributed by atoms with E-state index in [2.05, 4.69) is 11.8 Å². The molecule has 1 rings (SSSR count). The van der Waals surface area contributed by atoms with Crippen molar-refractivity contribution in [3.63, 3.8) is 0 Å². The van der Waals surface area contributed by atoms with Crippen LogP contribution in [0.25, 0.3) is 0 Å². The maximum Gasteiger partial charge on any atom is 0.0845 e. The fourth-order valence-corrected chi connectivity index (χ4v) is 0.991. The van der Waals surface area contributed by atoms with Crippen LogP contribution in [0.4, 0.5) is 0 Å². The van der Waals surface area contributed by atoms with Crippen LogP contribution in [0.1, 0.15) is 12.8 Å². The zero-order chi connectivity index (χ0) is 5.98. The normalized spacial score (nSPS) is 20.2. The standard InChI is InChI=1S/C6H9NO/c1-5-2-6(3-5)4-7-8/h6H,1-4H2. The van der Waals surface area contributed by atoms with Crippen molar-refractivity contribution in [2.75, 3.05) is 6.54 Å². The Kier molecular flexibility index (Phi) is 1.42. The molecular weight excluding hydrogens is 102 g/mol. The fourth-order valence-electron chi connectivity index (χ4n) is 0.991. The zero-order valence-corrected chi connectivity index (χ0v) is 4.76. The Morgan fingerprint density at radius 2 is 2.38 bits per heavy atom. The topological polar surface area (TPSA) is 29.4 Å². The minimum atomic E-state index is 0.485. The van der Waals surface area contributed by atoms with Crippen LogP contribution in [0.5, 0.6) is 0 Å². The predicted octanol–water partition coefficient (Wildman–Crippen LogP) is 1.72. The summed E-state index contributed by atoms with van der Waals surface area (Å²) in [4.78, 5) is 9.64. The molecule has 1 fully saturated rings. The second-order valence-electron chi connectivity index (χ2n) is 2.34. The van der Waals surface area contributed by atoms with E-state index in [1.807, 2.05) is 0 Å². The van der Waals surface area contributed by atoms with Gasteiger partial charge in [0.1, 0.15) is 0 Å². The van der Waals surface area contributed by atoms with Crippen LogP contribution in [-0.2, 0) is 0 Å². The van der Waals surface area contributed by atoms with Crippen molar-refractivity contribution in [2.24, 2.45) is 11.1 Å². The molecule has 2 heteroatoms. The smallest absolute Gasteiger partial charge is 0.0845 e. The lowest BCUT2D eigenvalue weighted by molar-refractivity contribution is 0.431. The largest absolute Gasteiger partial charge is 0.151 e. The molecule has 0 saturated heterocycles. The molecule has 8 heavy (non-hydrogen) atoms. The molecule has 0 N–H and O–H groups in total. The first-order chi connectivity index (χ1) is 3.83. The van der Waals surface area contributed by atoms with E-state index in [1.54, 1.807) is 0 Å². The molecule has 0 heterocycles. The van der Waals surface area contributed by atoms with Crippen molar-refractivity contribution in [2.45, 2.75) is 12.8 Å². The third-order valence-electron chi connectivity index (χ3n) is 1.49. The van der Waals surface area contributed by atoms with Gasteiger partial charge in [-0.1, -0.05) is 17.3 Å². The summed E-state index contributed by atoms with van der Waals surface area (Å²) < 4.78 is 0. The van der Waals surface area contributed by atoms with Crippen LogP contribution in [0.2, 0.25) is 0 Å². The third-order valence-corrected chi connectivity index (χ3v) is 1.49. The van der Waals surface area contributed by atoms with Gasteiger partial charge in [-0.25, -0.2) is 0 Å². The average Bonchev–Trinajstić information content (AvgIpc) is 1.64. The van der Waals surface area contributed by atoms with Gasteiger partial charge in [-0.2, -0.15) is 4.91 Å². The molecule has 0 atom stereocenters. The minimum Gasteiger partial charge on any atom is -0.151 e. The van der Waals surface area contributed by atoms with Gasteiger partial charge in [0, 0.05) is 0 Å². The van der Waals surface area contributed by atoms with E-state index in [0.29, 0.717) is 12.5 Å². The van der Waals surface area contributed by atoms with Crippen LogP contribution in [0.15, 0.2) is 17.3 Å². The van der Waals surface area contributed by atoms with Crippen molar-refractivity contribution >= 4 is 0 Å². The van der Waals surface area contributed by atoms with Crippen LogP contribution in [0.3, 0.4) is 0 Å². The number of nitroso groups, excluding NO2 is 1. The SMILES string of the molecule is C=C1CC(CN=O)C1. The first-order valence-corrected chi connectivity index (χ1v) is 2.78. The van der Waals surface area contributed by atoms with E-state index in [1.165, 1.54) is 5.57 Å². The molecule has 0 aromatic carbocycles. The molecule has 0 amide bonds. The van der Waals surface area contributed by atoms with Gasteiger partial charge in [-0.15, -0.1) is 0 Å². The summed E-state index contributed by atoms with van der Waals surface area (Å²) in [5.74, 6) is 0.528. The highest BCUT2D eigenvalue weighted by atomic mass is 16.3. The molecule has 0 radical (unpaired) electrons. The van der Waals surface area contributed by atoms with E-state index in [-0.39, 0.29) is 0 Å². The number of rotatable bonds is 2. The Morgan fingerprint density at radius 1 is 1.75 bits per heavy atom. The lowest BCUT2D eigenvalue weighted by atomic mass is 9.81. The average molecular weight is 111 g/mol. The quantitative estimate of drug-likeness (QED) is 0.394. The number of hydrogen-bond acceptors (Lipinski definition) is 2. The summed E-state index contributed by atoms with van der Waals surface area (Å²) in [6.45, 7) is 4.23. The van der Waals surface area contributed by atoms with Gasteiger partial charge in [0.2, 0.25) is 0 Å². The van der Waals surface area contributed by atoms with Crippen LogP contribution >= 0.6 is 0 Å². The second-order valence-corrected chi connectivity index (χ2v) is 2.34. The van der Waals surface area contributed by atoms with E-state index >= 15 is 0 Å². The Balaban J connectivity index is 2.15. The molecule has 44 valence electrons. The van der Waals surface area contributed by atoms with E-state index in [0.717, 1.165) is 12.8 Å². The van der Waals surface area contributed by atoms with Crippen LogP contribution in [-0.4, -0.2) is 6.54 Å².